The number of hydrogen-bond acceptors (Lipinski definition) is 5. The lowest BCUT2D eigenvalue weighted by molar-refractivity contribution is 0.0605. The molecule has 0 aliphatic carbocycles. The fourth-order valence-electron chi connectivity index (χ4n) is 2.78. The Morgan fingerprint density at radius 3 is 2.68 bits per heavy atom. The van der Waals surface area contributed by atoms with Crippen molar-refractivity contribution in [3.05, 3.63) is 23.8 Å². The van der Waals surface area contributed by atoms with Gasteiger partial charge in [0.15, 0.2) is 11.5 Å². The minimum atomic E-state index is -0.0201. The molecule has 104 valence electrons. The Kier molecular flexibility index (Phi) is 3.59. The summed E-state index contributed by atoms with van der Waals surface area (Å²) in [6.45, 7) is 4.19. The standard InChI is InChI=1S/C14H20N2O3/c1-9-4-5-19-14(9)13(16-15)10-2-3-11-12(8-10)18-7-6-17-11/h2-3,8-9,13-14,16H,4-7,15H2,1H3. The Bertz CT molecular complexity index is 452. The zero-order valence-corrected chi connectivity index (χ0v) is 11.1. The zero-order chi connectivity index (χ0) is 13.2. The first kappa shape index (κ1) is 12.7. The highest BCUT2D eigenvalue weighted by molar-refractivity contribution is 5.45. The van der Waals surface area contributed by atoms with Crippen LogP contribution in [0.2, 0.25) is 0 Å². The van der Waals surface area contributed by atoms with Crippen LogP contribution >= 0.6 is 0 Å². The van der Waals surface area contributed by atoms with Gasteiger partial charge in [0.05, 0.1) is 12.1 Å². The van der Waals surface area contributed by atoms with E-state index < -0.39 is 0 Å². The highest BCUT2D eigenvalue weighted by Crippen LogP contribution is 2.36. The normalized spacial score (nSPS) is 27.3. The molecular formula is C14H20N2O3. The van der Waals surface area contributed by atoms with Crippen molar-refractivity contribution in [1.29, 1.82) is 0 Å². The van der Waals surface area contributed by atoms with Crippen LogP contribution in [0.1, 0.15) is 24.9 Å². The van der Waals surface area contributed by atoms with Crippen molar-refractivity contribution in [1.82, 2.24) is 5.43 Å². The molecule has 1 saturated heterocycles. The third-order valence-corrected chi connectivity index (χ3v) is 3.88. The van der Waals surface area contributed by atoms with Crippen molar-refractivity contribution < 1.29 is 14.2 Å². The fourth-order valence-corrected chi connectivity index (χ4v) is 2.78. The summed E-state index contributed by atoms with van der Waals surface area (Å²) in [5.41, 5.74) is 3.95. The molecule has 3 unspecified atom stereocenters. The van der Waals surface area contributed by atoms with Gasteiger partial charge in [-0.05, 0) is 30.0 Å². The molecule has 2 heterocycles. The second-order valence-corrected chi connectivity index (χ2v) is 5.15. The van der Waals surface area contributed by atoms with Gasteiger partial charge in [0.1, 0.15) is 13.2 Å². The molecule has 0 amide bonds. The molecule has 3 rings (SSSR count). The first-order valence-corrected chi connectivity index (χ1v) is 6.77. The number of hydrazine groups is 1. The first-order valence-electron chi connectivity index (χ1n) is 6.77. The minimum absolute atomic E-state index is 0.0201. The summed E-state index contributed by atoms with van der Waals surface area (Å²) in [4.78, 5) is 0. The van der Waals surface area contributed by atoms with Crippen LogP contribution in [0.3, 0.4) is 0 Å². The Balaban J connectivity index is 1.86. The molecule has 3 atom stereocenters. The number of nitrogens with two attached hydrogens (primary N) is 1. The molecule has 5 heteroatoms. The maximum atomic E-state index is 5.80. The van der Waals surface area contributed by atoms with Gasteiger partial charge in [-0.2, -0.15) is 0 Å². The van der Waals surface area contributed by atoms with Crippen molar-refractivity contribution in [3.8, 4) is 11.5 Å². The van der Waals surface area contributed by atoms with Crippen molar-refractivity contribution in [3.63, 3.8) is 0 Å². The summed E-state index contributed by atoms with van der Waals surface area (Å²) >= 11 is 0. The summed E-state index contributed by atoms with van der Waals surface area (Å²) in [6, 6.07) is 5.93. The van der Waals surface area contributed by atoms with Crippen molar-refractivity contribution in [2.75, 3.05) is 19.8 Å². The van der Waals surface area contributed by atoms with Crippen LogP contribution in [0.25, 0.3) is 0 Å². The van der Waals surface area contributed by atoms with E-state index in [9.17, 15) is 0 Å². The molecular weight excluding hydrogens is 244 g/mol. The lowest BCUT2D eigenvalue weighted by Gasteiger charge is -2.27. The molecule has 0 aromatic heterocycles. The first-order chi connectivity index (χ1) is 9.29. The zero-order valence-electron chi connectivity index (χ0n) is 11.1. The van der Waals surface area contributed by atoms with Crippen LogP contribution in [-0.4, -0.2) is 25.9 Å². The minimum Gasteiger partial charge on any atom is -0.486 e. The van der Waals surface area contributed by atoms with E-state index in [2.05, 4.69) is 12.3 Å². The van der Waals surface area contributed by atoms with E-state index in [1.807, 2.05) is 18.2 Å². The predicted molar refractivity (Wildman–Crippen MR) is 71.0 cm³/mol. The van der Waals surface area contributed by atoms with Crippen LogP contribution in [0.4, 0.5) is 0 Å². The molecule has 2 aliphatic rings. The molecule has 3 N–H and O–H groups in total. The molecule has 1 fully saturated rings. The molecule has 0 radical (unpaired) electrons. The van der Waals surface area contributed by atoms with E-state index in [-0.39, 0.29) is 12.1 Å². The maximum absolute atomic E-state index is 5.80. The molecule has 0 bridgehead atoms. The van der Waals surface area contributed by atoms with Gasteiger partial charge >= 0.3 is 0 Å². The SMILES string of the molecule is CC1CCOC1C(NN)c1ccc2c(c1)OCCO2. The number of nitrogens with one attached hydrogen (secondary N) is 1. The average molecular weight is 264 g/mol. The second-order valence-electron chi connectivity index (χ2n) is 5.15. The number of rotatable bonds is 3. The lowest BCUT2D eigenvalue weighted by atomic mass is 9.92. The van der Waals surface area contributed by atoms with Gasteiger partial charge in [-0.1, -0.05) is 13.0 Å². The van der Waals surface area contributed by atoms with E-state index in [4.69, 9.17) is 20.1 Å². The molecule has 1 aromatic rings. The summed E-state index contributed by atoms with van der Waals surface area (Å²) in [5.74, 6) is 7.80. The van der Waals surface area contributed by atoms with Crippen LogP contribution in [0.15, 0.2) is 18.2 Å². The van der Waals surface area contributed by atoms with Crippen molar-refractivity contribution >= 4 is 0 Å². The van der Waals surface area contributed by atoms with Crippen LogP contribution < -0.4 is 20.7 Å². The fraction of sp³-hybridized carbons (Fsp3) is 0.571. The summed E-state index contributed by atoms with van der Waals surface area (Å²) in [6.07, 6.45) is 1.18. The van der Waals surface area contributed by atoms with Crippen LogP contribution in [0.5, 0.6) is 11.5 Å². The van der Waals surface area contributed by atoms with E-state index in [1.165, 1.54) is 0 Å². The number of benzene rings is 1. The summed E-state index contributed by atoms with van der Waals surface area (Å²) < 4.78 is 16.9. The predicted octanol–water partition coefficient (Wildman–Crippen LogP) is 1.39. The second kappa shape index (κ2) is 5.36. The average Bonchev–Trinajstić information content (AvgIpc) is 2.86. The topological polar surface area (TPSA) is 65.7 Å². The van der Waals surface area contributed by atoms with E-state index in [0.29, 0.717) is 19.1 Å². The molecule has 0 saturated carbocycles. The third kappa shape index (κ3) is 2.41. The van der Waals surface area contributed by atoms with E-state index in [0.717, 1.165) is 30.1 Å². The van der Waals surface area contributed by atoms with E-state index in [1.54, 1.807) is 0 Å². The Labute approximate surface area is 113 Å². The lowest BCUT2D eigenvalue weighted by Crippen LogP contribution is -2.38. The summed E-state index contributed by atoms with van der Waals surface area (Å²) in [5, 5.41) is 0. The van der Waals surface area contributed by atoms with Crippen molar-refractivity contribution in [2.24, 2.45) is 11.8 Å². The number of fused-ring (bicyclic) bond motifs is 1. The van der Waals surface area contributed by atoms with Gasteiger partial charge in [-0.15, -0.1) is 0 Å². The van der Waals surface area contributed by atoms with Crippen molar-refractivity contribution in [2.45, 2.75) is 25.5 Å². The van der Waals surface area contributed by atoms with Gasteiger partial charge in [0.25, 0.3) is 0 Å². The van der Waals surface area contributed by atoms with Gasteiger partial charge < -0.3 is 14.2 Å². The van der Waals surface area contributed by atoms with E-state index >= 15 is 0 Å². The van der Waals surface area contributed by atoms with Crippen LogP contribution in [0, 0.1) is 5.92 Å². The molecule has 2 aliphatic heterocycles. The van der Waals surface area contributed by atoms with Crippen LogP contribution in [-0.2, 0) is 4.74 Å². The largest absolute Gasteiger partial charge is 0.486 e. The molecule has 1 aromatic carbocycles. The van der Waals surface area contributed by atoms with Gasteiger partial charge in [-0.3, -0.25) is 11.3 Å². The smallest absolute Gasteiger partial charge is 0.161 e. The Morgan fingerprint density at radius 2 is 2.00 bits per heavy atom. The maximum Gasteiger partial charge on any atom is 0.161 e. The number of ether oxygens (including phenoxy) is 3. The highest BCUT2D eigenvalue weighted by atomic mass is 16.6. The molecule has 19 heavy (non-hydrogen) atoms. The van der Waals surface area contributed by atoms with Gasteiger partial charge in [0, 0.05) is 6.61 Å². The third-order valence-electron chi connectivity index (χ3n) is 3.88. The highest BCUT2D eigenvalue weighted by Gasteiger charge is 2.33. The Hall–Kier alpha value is -1.30. The molecule has 0 spiro atoms. The van der Waals surface area contributed by atoms with Gasteiger partial charge in [-0.25, -0.2) is 0 Å². The monoisotopic (exact) mass is 264 g/mol. The quantitative estimate of drug-likeness (QED) is 0.638. The number of hydrogen-bond donors (Lipinski definition) is 2. The summed E-state index contributed by atoms with van der Waals surface area (Å²) in [7, 11) is 0. The Morgan fingerprint density at radius 1 is 1.21 bits per heavy atom. The van der Waals surface area contributed by atoms with Gasteiger partial charge in [0.2, 0.25) is 0 Å². The molecule has 5 nitrogen and oxygen atoms in total.